The molecule has 2 N–H and O–H groups in total. The molecule has 2 aromatic rings. The molecule has 5 nitrogen and oxygen atoms in total. The van der Waals surface area contributed by atoms with Gasteiger partial charge in [-0.15, -0.1) is 11.3 Å². The van der Waals surface area contributed by atoms with Crippen molar-refractivity contribution >= 4 is 17.3 Å². The Morgan fingerprint density at radius 1 is 1.15 bits per heavy atom. The number of halogens is 1. The smallest absolute Gasteiger partial charge is 0.190 e. The largest absolute Gasteiger partial charge is 0.494 e. The fourth-order valence-electron chi connectivity index (χ4n) is 2.31. The Morgan fingerprint density at radius 2 is 1.88 bits per heavy atom. The summed E-state index contributed by atoms with van der Waals surface area (Å²) in [6, 6.07) is 6.09. The first-order chi connectivity index (χ1) is 12.6. The molecule has 0 aliphatic heterocycles. The van der Waals surface area contributed by atoms with Crippen LogP contribution in [0.5, 0.6) is 5.75 Å². The molecule has 2 rings (SSSR count). The lowest BCUT2D eigenvalue weighted by atomic mass is 10.3. The molecule has 1 aromatic carbocycles. The number of thiazole rings is 1. The van der Waals surface area contributed by atoms with Crippen molar-refractivity contribution in [3.8, 4) is 5.75 Å². The third kappa shape index (κ3) is 7.00. The molecular weight excluding hydrogens is 351 g/mol. The third-order valence-corrected chi connectivity index (χ3v) is 5.01. The van der Waals surface area contributed by atoms with Gasteiger partial charge in [0.05, 0.1) is 17.3 Å². The Labute approximate surface area is 158 Å². The topological polar surface area (TPSA) is 58.5 Å². The Morgan fingerprint density at radius 3 is 2.54 bits per heavy atom. The second-order valence-corrected chi connectivity index (χ2v) is 7.22. The number of hydrogen-bond acceptors (Lipinski definition) is 4. The van der Waals surface area contributed by atoms with Gasteiger partial charge < -0.3 is 15.4 Å². The standard InChI is InChI=1S/C19H27FN4OS/c1-14-15(2)26-18(24-14)10-12-23-19(21-3)22-11-4-5-13-25-17-8-6-16(20)7-9-17/h6-9H,4-5,10-13H2,1-3H3,(H2,21,22,23). The molecule has 0 fully saturated rings. The monoisotopic (exact) mass is 378 g/mol. The molecule has 0 saturated carbocycles. The third-order valence-electron chi connectivity index (χ3n) is 3.87. The van der Waals surface area contributed by atoms with Gasteiger partial charge in [-0.3, -0.25) is 4.99 Å². The first-order valence-corrected chi connectivity index (χ1v) is 9.66. The minimum Gasteiger partial charge on any atom is -0.494 e. The number of hydrogen-bond donors (Lipinski definition) is 2. The van der Waals surface area contributed by atoms with Gasteiger partial charge in [0.1, 0.15) is 11.6 Å². The maximum atomic E-state index is 12.8. The van der Waals surface area contributed by atoms with E-state index in [4.69, 9.17) is 4.74 Å². The Balaban J connectivity index is 1.55. The van der Waals surface area contributed by atoms with Gasteiger partial charge in [0.15, 0.2) is 5.96 Å². The highest BCUT2D eigenvalue weighted by Gasteiger charge is 2.04. The number of guanidine groups is 1. The summed E-state index contributed by atoms with van der Waals surface area (Å²) in [6.07, 6.45) is 2.78. The minimum absolute atomic E-state index is 0.249. The number of benzene rings is 1. The van der Waals surface area contributed by atoms with E-state index in [2.05, 4.69) is 27.5 Å². The van der Waals surface area contributed by atoms with Crippen molar-refractivity contribution in [2.75, 3.05) is 26.7 Å². The van der Waals surface area contributed by atoms with Crippen LogP contribution in [0.15, 0.2) is 29.3 Å². The van der Waals surface area contributed by atoms with E-state index in [-0.39, 0.29) is 5.82 Å². The maximum Gasteiger partial charge on any atom is 0.190 e. The predicted molar refractivity (Wildman–Crippen MR) is 106 cm³/mol. The van der Waals surface area contributed by atoms with Crippen molar-refractivity contribution in [3.05, 3.63) is 45.7 Å². The maximum absolute atomic E-state index is 12.8. The summed E-state index contributed by atoms with van der Waals surface area (Å²) in [7, 11) is 1.77. The molecule has 0 unspecified atom stereocenters. The van der Waals surface area contributed by atoms with E-state index < -0.39 is 0 Å². The zero-order chi connectivity index (χ0) is 18.8. The van der Waals surface area contributed by atoms with Crippen molar-refractivity contribution in [2.24, 2.45) is 4.99 Å². The molecule has 0 aliphatic carbocycles. The average Bonchev–Trinajstić information content (AvgIpc) is 2.95. The molecule has 1 heterocycles. The van der Waals surface area contributed by atoms with Crippen LogP contribution in [0.2, 0.25) is 0 Å². The van der Waals surface area contributed by atoms with Crippen molar-refractivity contribution in [1.29, 1.82) is 0 Å². The summed E-state index contributed by atoms with van der Waals surface area (Å²) >= 11 is 1.75. The minimum atomic E-state index is -0.249. The molecule has 0 aliphatic rings. The molecule has 142 valence electrons. The Bertz CT molecular complexity index is 681. The van der Waals surface area contributed by atoms with Crippen LogP contribution in [-0.2, 0) is 6.42 Å². The lowest BCUT2D eigenvalue weighted by molar-refractivity contribution is 0.306. The van der Waals surface area contributed by atoms with Crippen LogP contribution in [0.1, 0.15) is 28.4 Å². The molecule has 1 aromatic heterocycles. The van der Waals surface area contributed by atoms with E-state index >= 15 is 0 Å². The van der Waals surface area contributed by atoms with E-state index in [1.165, 1.54) is 17.0 Å². The van der Waals surface area contributed by atoms with Gasteiger partial charge in [-0.05, 0) is 51.0 Å². The fourth-order valence-corrected chi connectivity index (χ4v) is 3.24. The Hall–Kier alpha value is -2.15. The van der Waals surface area contributed by atoms with Gasteiger partial charge in [-0.2, -0.15) is 0 Å². The molecule has 0 radical (unpaired) electrons. The van der Waals surface area contributed by atoms with Crippen LogP contribution < -0.4 is 15.4 Å². The normalized spacial score (nSPS) is 11.5. The summed E-state index contributed by atoms with van der Waals surface area (Å²) in [5, 5.41) is 7.76. The van der Waals surface area contributed by atoms with Gasteiger partial charge in [-0.25, -0.2) is 9.37 Å². The molecule has 0 saturated heterocycles. The van der Waals surface area contributed by atoms with Crippen LogP contribution in [0.3, 0.4) is 0 Å². The number of ether oxygens (including phenoxy) is 1. The second kappa shape index (κ2) is 10.8. The van der Waals surface area contributed by atoms with Crippen LogP contribution in [0.4, 0.5) is 4.39 Å². The highest BCUT2D eigenvalue weighted by Crippen LogP contribution is 2.16. The molecule has 0 spiro atoms. The highest BCUT2D eigenvalue weighted by molar-refractivity contribution is 7.11. The number of aryl methyl sites for hydroxylation is 2. The van der Waals surface area contributed by atoms with Gasteiger partial charge in [0.2, 0.25) is 0 Å². The first-order valence-electron chi connectivity index (χ1n) is 8.84. The SMILES string of the molecule is CN=C(NCCCCOc1ccc(F)cc1)NCCc1nc(C)c(C)s1. The van der Waals surface area contributed by atoms with Gasteiger partial charge in [-0.1, -0.05) is 0 Å². The lowest BCUT2D eigenvalue weighted by Crippen LogP contribution is -2.38. The highest BCUT2D eigenvalue weighted by atomic mass is 32.1. The van der Waals surface area contributed by atoms with Crippen LogP contribution >= 0.6 is 11.3 Å². The number of aliphatic imine (C=N–C) groups is 1. The molecule has 7 heteroatoms. The van der Waals surface area contributed by atoms with E-state index in [1.807, 2.05) is 6.92 Å². The second-order valence-electron chi connectivity index (χ2n) is 5.93. The van der Waals surface area contributed by atoms with Crippen molar-refractivity contribution in [2.45, 2.75) is 33.1 Å². The quantitative estimate of drug-likeness (QED) is 0.399. The number of rotatable bonds is 9. The average molecular weight is 379 g/mol. The lowest BCUT2D eigenvalue weighted by Gasteiger charge is -2.11. The number of aromatic nitrogens is 1. The summed E-state index contributed by atoms with van der Waals surface area (Å²) in [5.74, 6) is 1.25. The molecule has 0 atom stereocenters. The van der Waals surface area contributed by atoms with Gasteiger partial charge in [0.25, 0.3) is 0 Å². The van der Waals surface area contributed by atoms with Gasteiger partial charge in [0, 0.05) is 31.4 Å². The Kier molecular flexibility index (Phi) is 8.34. The molecule has 26 heavy (non-hydrogen) atoms. The molecule has 0 bridgehead atoms. The van der Waals surface area contributed by atoms with E-state index in [0.29, 0.717) is 12.4 Å². The number of unbranched alkanes of at least 4 members (excludes halogenated alkanes) is 1. The van der Waals surface area contributed by atoms with Crippen LogP contribution in [0, 0.1) is 19.7 Å². The van der Waals surface area contributed by atoms with Crippen LogP contribution in [-0.4, -0.2) is 37.7 Å². The molecular formula is C19H27FN4OS. The number of nitrogens with one attached hydrogen (secondary N) is 2. The zero-order valence-electron chi connectivity index (χ0n) is 15.6. The number of nitrogens with zero attached hydrogens (tertiary/aromatic N) is 2. The van der Waals surface area contributed by atoms with Crippen molar-refractivity contribution < 1.29 is 9.13 Å². The first kappa shape index (κ1) is 20.2. The summed E-state index contributed by atoms with van der Waals surface area (Å²) in [5.41, 5.74) is 1.12. The summed E-state index contributed by atoms with van der Waals surface area (Å²) in [4.78, 5) is 10.1. The van der Waals surface area contributed by atoms with Gasteiger partial charge >= 0.3 is 0 Å². The predicted octanol–water partition coefficient (Wildman–Crippen LogP) is 3.47. The van der Waals surface area contributed by atoms with Crippen LogP contribution in [0.25, 0.3) is 0 Å². The summed E-state index contributed by atoms with van der Waals surface area (Å²) < 4.78 is 18.4. The summed E-state index contributed by atoms with van der Waals surface area (Å²) in [6.45, 7) is 6.39. The van der Waals surface area contributed by atoms with Crippen molar-refractivity contribution in [1.82, 2.24) is 15.6 Å². The van der Waals surface area contributed by atoms with Crippen molar-refractivity contribution in [3.63, 3.8) is 0 Å². The zero-order valence-corrected chi connectivity index (χ0v) is 16.5. The van der Waals surface area contributed by atoms with E-state index in [0.717, 1.165) is 49.0 Å². The van der Waals surface area contributed by atoms with E-state index in [9.17, 15) is 4.39 Å². The molecule has 0 amide bonds. The van der Waals surface area contributed by atoms with E-state index in [1.54, 1.807) is 30.5 Å². The fraction of sp³-hybridized carbons (Fsp3) is 0.474.